The van der Waals surface area contributed by atoms with Gasteiger partial charge in [0.2, 0.25) is 11.9 Å². The molecule has 6 nitrogen and oxygen atoms in total. The third kappa shape index (κ3) is 3.07. The molecule has 0 spiro atoms. The molecule has 0 saturated heterocycles. The minimum Gasteiger partial charge on any atom is -0.497 e. The average molecular weight is 400 g/mol. The van der Waals surface area contributed by atoms with Crippen LogP contribution in [0.15, 0.2) is 53.0 Å². The van der Waals surface area contributed by atoms with Crippen molar-refractivity contribution >= 4 is 27.8 Å². The van der Waals surface area contributed by atoms with E-state index < -0.39 is 0 Å². The summed E-state index contributed by atoms with van der Waals surface area (Å²) in [4.78, 5) is 4.34. The van der Waals surface area contributed by atoms with Crippen LogP contribution in [0.5, 0.6) is 5.75 Å². The van der Waals surface area contributed by atoms with E-state index in [1.54, 1.807) is 7.11 Å². The van der Waals surface area contributed by atoms with Crippen LogP contribution in [-0.4, -0.2) is 21.9 Å². The smallest absolute Gasteiger partial charge is 0.241 e. The summed E-state index contributed by atoms with van der Waals surface area (Å²) in [5, 5.41) is 7.82. The maximum atomic E-state index is 5.84. The van der Waals surface area contributed by atoms with E-state index in [-0.39, 0.29) is 18.0 Å². The standard InChI is InChI=1S/C18H18BrN5O/c1-25-14-8-4-12(5-9-14)16-10-15(11-2-6-13(19)7-3-11)21-18-22-17(20)23-24(16)18/h2-9,15-16H,10H2,1H3,(H3,20,21,22,23)/t15-,16+/m0/s1. The van der Waals surface area contributed by atoms with E-state index in [1.807, 2.05) is 28.9 Å². The number of nitrogen functional groups attached to an aromatic ring is 1. The van der Waals surface area contributed by atoms with E-state index >= 15 is 0 Å². The lowest BCUT2D eigenvalue weighted by molar-refractivity contribution is 0.411. The zero-order chi connectivity index (χ0) is 17.4. The van der Waals surface area contributed by atoms with Crippen molar-refractivity contribution in [3.8, 4) is 5.75 Å². The van der Waals surface area contributed by atoms with Gasteiger partial charge >= 0.3 is 0 Å². The average Bonchev–Trinajstić information content (AvgIpc) is 3.01. The molecule has 1 aliphatic rings. The van der Waals surface area contributed by atoms with Gasteiger partial charge in [0, 0.05) is 4.47 Å². The van der Waals surface area contributed by atoms with Gasteiger partial charge in [-0.2, -0.15) is 4.98 Å². The van der Waals surface area contributed by atoms with Gasteiger partial charge in [-0.15, -0.1) is 5.10 Å². The fourth-order valence-electron chi connectivity index (χ4n) is 3.21. The van der Waals surface area contributed by atoms with Crippen molar-refractivity contribution in [1.82, 2.24) is 14.8 Å². The van der Waals surface area contributed by atoms with Gasteiger partial charge in [0.1, 0.15) is 5.75 Å². The van der Waals surface area contributed by atoms with Crippen molar-refractivity contribution in [3.63, 3.8) is 0 Å². The number of aromatic nitrogens is 3. The number of fused-ring (bicyclic) bond motifs is 1. The molecule has 1 aliphatic heterocycles. The van der Waals surface area contributed by atoms with Gasteiger partial charge in [-0.25, -0.2) is 4.68 Å². The number of nitrogens with one attached hydrogen (secondary N) is 1. The molecule has 1 aromatic heterocycles. The summed E-state index contributed by atoms with van der Waals surface area (Å²) in [5.41, 5.74) is 8.19. The predicted octanol–water partition coefficient (Wildman–Crippen LogP) is 3.78. The largest absolute Gasteiger partial charge is 0.497 e. The Bertz CT molecular complexity index is 875. The van der Waals surface area contributed by atoms with Gasteiger partial charge < -0.3 is 15.8 Å². The van der Waals surface area contributed by atoms with E-state index in [2.05, 4.69) is 55.6 Å². The topological polar surface area (TPSA) is 78.0 Å². The number of ether oxygens (including phenoxy) is 1. The summed E-state index contributed by atoms with van der Waals surface area (Å²) in [6.45, 7) is 0. The molecule has 0 bridgehead atoms. The summed E-state index contributed by atoms with van der Waals surface area (Å²) < 4.78 is 8.19. The normalized spacial score (nSPS) is 19.1. The number of benzene rings is 2. The Hall–Kier alpha value is -2.54. The van der Waals surface area contributed by atoms with Crippen molar-refractivity contribution in [2.75, 3.05) is 18.2 Å². The minimum absolute atomic E-state index is 0.0561. The molecule has 2 atom stereocenters. The lowest BCUT2D eigenvalue weighted by Gasteiger charge is -2.31. The van der Waals surface area contributed by atoms with Gasteiger partial charge in [-0.3, -0.25) is 0 Å². The van der Waals surface area contributed by atoms with Crippen LogP contribution >= 0.6 is 15.9 Å². The Morgan fingerprint density at radius 3 is 2.48 bits per heavy atom. The molecule has 0 radical (unpaired) electrons. The van der Waals surface area contributed by atoms with E-state index in [0.717, 1.165) is 22.2 Å². The van der Waals surface area contributed by atoms with Crippen molar-refractivity contribution in [3.05, 3.63) is 64.1 Å². The Morgan fingerprint density at radius 1 is 1.12 bits per heavy atom. The van der Waals surface area contributed by atoms with Crippen molar-refractivity contribution in [1.29, 1.82) is 0 Å². The zero-order valence-electron chi connectivity index (χ0n) is 13.7. The van der Waals surface area contributed by atoms with Gasteiger partial charge in [-0.1, -0.05) is 40.2 Å². The number of methoxy groups -OCH3 is 1. The van der Waals surface area contributed by atoms with Crippen LogP contribution in [0, 0.1) is 0 Å². The third-order valence-electron chi connectivity index (χ3n) is 4.48. The van der Waals surface area contributed by atoms with E-state index in [9.17, 15) is 0 Å². The summed E-state index contributed by atoms with van der Waals surface area (Å²) in [6.07, 6.45) is 0.851. The van der Waals surface area contributed by atoms with Crippen LogP contribution in [0.4, 0.5) is 11.9 Å². The molecule has 0 unspecified atom stereocenters. The number of rotatable bonds is 3. The number of anilines is 2. The Morgan fingerprint density at radius 2 is 1.80 bits per heavy atom. The van der Waals surface area contributed by atoms with Crippen LogP contribution < -0.4 is 15.8 Å². The molecular formula is C18H18BrN5O. The van der Waals surface area contributed by atoms with Gasteiger partial charge in [0.05, 0.1) is 19.2 Å². The summed E-state index contributed by atoms with van der Waals surface area (Å²) >= 11 is 3.49. The SMILES string of the molecule is COc1ccc([C@H]2C[C@@H](c3ccc(Br)cc3)Nc3nc(N)nn32)cc1. The number of halogens is 1. The second-order valence-electron chi connectivity index (χ2n) is 6.01. The van der Waals surface area contributed by atoms with Crippen molar-refractivity contribution in [2.45, 2.75) is 18.5 Å². The highest BCUT2D eigenvalue weighted by atomic mass is 79.9. The van der Waals surface area contributed by atoms with Gasteiger partial charge in [0.25, 0.3) is 0 Å². The first kappa shape index (κ1) is 16.0. The second kappa shape index (κ2) is 6.40. The number of hydrogen-bond donors (Lipinski definition) is 2. The van der Waals surface area contributed by atoms with Crippen LogP contribution in [-0.2, 0) is 0 Å². The first-order valence-corrected chi connectivity index (χ1v) is 8.81. The van der Waals surface area contributed by atoms with Crippen molar-refractivity contribution in [2.24, 2.45) is 0 Å². The van der Waals surface area contributed by atoms with Gasteiger partial charge in [0.15, 0.2) is 0 Å². The third-order valence-corrected chi connectivity index (χ3v) is 5.01. The van der Waals surface area contributed by atoms with Crippen LogP contribution in [0.1, 0.15) is 29.6 Å². The lowest BCUT2D eigenvalue weighted by Crippen LogP contribution is -2.28. The van der Waals surface area contributed by atoms with Crippen LogP contribution in [0.3, 0.4) is 0 Å². The van der Waals surface area contributed by atoms with E-state index in [0.29, 0.717) is 5.95 Å². The van der Waals surface area contributed by atoms with Crippen LogP contribution in [0.25, 0.3) is 0 Å². The molecule has 3 aromatic rings. The number of nitrogens with zero attached hydrogens (tertiary/aromatic N) is 3. The minimum atomic E-state index is 0.0561. The molecular weight excluding hydrogens is 382 g/mol. The monoisotopic (exact) mass is 399 g/mol. The molecule has 0 fully saturated rings. The number of nitrogens with two attached hydrogens (primary N) is 1. The zero-order valence-corrected chi connectivity index (χ0v) is 15.3. The van der Waals surface area contributed by atoms with Gasteiger partial charge in [-0.05, 0) is 41.8 Å². The molecule has 7 heteroatoms. The molecule has 3 N–H and O–H groups in total. The fraction of sp³-hybridized carbons (Fsp3) is 0.222. The predicted molar refractivity (Wildman–Crippen MR) is 101 cm³/mol. The first-order chi connectivity index (χ1) is 12.1. The molecule has 128 valence electrons. The van der Waals surface area contributed by atoms with Crippen molar-refractivity contribution < 1.29 is 4.74 Å². The Kier molecular flexibility index (Phi) is 4.09. The molecule has 4 rings (SSSR count). The molecule has 2 heterocycles. The quantitative estimate of drug-likeness (QED) is 0.700. The maximum Gasteiger partial charge on any atom is 0.241 e. The van der Waals surface area contributed by atoms with Crippen LogP contribution in [0.2, 0.25) is 0 Å². The van der Waals surface area contributed by atoms with E-state index in [4.69, 9.17) is 10.5 Å². The Balaban J connectivity index is 1.72. The number of hydrogen-bond acceptors (Lipinski definition) is 5. The highest BCUT2D eigenvalue weighted by Gasteiger charge is 2.30. The Labute approximate surface area is 154 Å². The van der Waals surface area contributed by atoms with E-state index in [1.165, 1.54) is 5.56 Å². The lowest BCUT2D eigenvalue weighted by atomic mass is 9.93. The molecule has 0 aliphatic carbocycles. The summed E-state index contributed by atoms with van der Waals surface area (Å²) in [5.74, 6) is 1.80. The molecule has 2 aromatic carbocycles. The summed E-state index contributed by atoms with van der Waals surface area (Å²) in [7, 11) is 1.67. The molecule has 0 saturated carbocycles. The summed E-state index contributed by atoms with van der Waals surface area (Å²) in [6, 6.07) is 16.6. The molecule has 0 amide bonds. The highest BCUT2D eigenvalue weighted by Crippen LogP contribution is 2.38. The first-order valence-electron chi connectivity index (χ1n) is 8.02. The highest BCUT2D eigenvalue weighted by molar-refractivity contribution is 9.10. The maximum absolute atomic E-state index is 5.84. The fourth-order valence-corrected chi connectivity index (χ4v) is 3.48. The second-order valence-corrected chi connectivity index (χ2v) is 6.93. The molecule has 25 heavy (non-hydrogen) atoms.